The average molecular weight is 364 g/mol. The first kappa shape index (κ1) is 16.3. The van der Waals surface area contributed by atoms with Gasteiger partial charge in [-0.1, -0.05) is 19.1 Å². The first-order valence-corrected chi connectivity index (χ1v) is 10.7. The smallest absolute Gasteiger partial charge is 0.124 e. The normalized spacial score (nSPS) is 19.2. The zero-order chi connectivity index (χ0) is 17.7. The van der Waals surface area contributed by atoms with E-state index in [2.05, 4.69) is 31.2 Å². The van der Waals surface area contributed by atoms with Gasteiger partial charge >= 0.3 is 0 Å². The highest BCUT2D eigenvalue weighted by Gasteiger charge is 2.27. The van der Waals surface area contributed by atoms with Gasteiger partial charge in [-0.3, -0.25) is 0 Å². The molecule has 2 aromatic heterocycles. The molecule has 0 bridgehead atoms. The lowest BCUT2D eigenvalue weighted by atomic mass is 9.81. The Labute approximate surface area is 159 Å². The van der Waals surface area contributed by atoms with Crippen molar-refractivity contribution in [2.45, 2.75) is 57.8 Å². The van der Waals surface area contributed by atoms with E-state index in [0.29, 0.717) is 5.92 Å². The third-order valence-electron chi connectivity index (χ3n) is 6.15. The van der Waals surface area contributed by atoms with Gasteiger partial charge in [-0.05, 0) is 85.3 Å². The summed E-state index contributed by atoms with van der Waals surface area (Å²) in [6.45, 7) is 2.35. The van der Waals surface area contributed by atoms with Gasteiger partial charge < -0.3 is 4.74 Å². The Hall–Kier alpha value is -1.87. The summed E-state index contributed by atoms with van der Waals surface area (Å²) in [5, 5.41) is 1.46. The SMILES string of the molecule is COc1ccc(-c2c3c(nc4sc5c(c24)CCCC5)C(C)CCC3)cc1. The number of methoxy groups -OCH3 is 1. The van der Waals surface area contributed by atoms with Gasteiger partial charge in [0, 0.05) is 16.0 Å². The second-order valence-corrected chi connectivity index (χ2v) is 8.85. The molecule has 2 aliphatic carbocycles. The lowest BCUT2D eigenvalue weighted by Gasteiger charge is -2.25. The zero-order valence-corrected chi connectivity index (χ0v) is 16.4. The Bertz CT molecular complexity index is 970. The maximum absolute atomic E-state index is 5.39. The van der Waals surface area contributed by atoms with E-state index in [1.165, 1.54) is 71.1 Å². The molecule has 2 aliphatic rings. The Morgan fingerprint density at radius 1 is 1.00 bits per heavy atom. The van der Waals surface area contributed by atoms with Gasteiger partial charge in [0.25, 0.3) is 0 Å². The second-order valence-electron chi connectivity index (χ2n) is 7.76. The molecule has 0 saturated carbocycles. The van der Waals surface area contributed by atoms with Gasteiger partial charge in [-0.2, -0.15) is 0 Å². The molecule has 0 radical (unpaired) electrons. The minimum absolute atomic E-state index is 0.569. The minimum atomic E-state index is 0.569. The number of hydrogen-bond donors (Lipinski definition) is 0. The van der Waals surface area contributed by atoms with Crippen molar-refractivity contribution < 1.29 is 4.74 Å². The molecule has 0 N–H and O–H groups in total. The number of benzene rings is 1. The Kier molecular flexibility index (Phi) is 4.00. The van der Waals surface area contributed by atoms with Crippen molar-refractivity contribution in [3.05, 3.63) is 46.0 Å². The maximum atomic E-state index is 5.39. The van der Waals surface area contributed by atoms with Crippen molar-refractivity contribution in [2.75, 3.05) is 7.11 Å². The van der Waals surface area contributed by atoms with Crippen molar-refractivity contribution >= 4 is 21.6 Å². The van der Waals surface area contributed by atoms with Crippen LogP contribution < -0.4 is 4.74 Å². The summed E-state index contributed by atoms with van der Waals surface area (Å²) in [6.07, 6.45) is 8.79. The van der Waals surface area contributed by atoms with E-state index in [1.807, 2.05) is 11.3 Å². The molecule has 26 heavy (non-hydrogen) atoms. The fourth-order valence-corrected chi connectivity index (χ4v) is 6.08. The van der Waals surface area contributed by atoms with Gasteiger partial charge in [0.1, 0.15) is 10.6 Å². The van der Waals surface area contributed by atoms with Crippen molar-refractivity contribution in [1.82, 2.24) is 4.98 Å². The topological polar surface area (TPSA) is 22.1 Å². The number of fused-ring (bicyclic) bond motifs is 4. The molecule has 1 atom stereocenters. The number of aromatic nitrogens is 1. The van der Waals surface area contributed by atoms with Crippen LogP contribution in [0.25, 0.3) is 21.3 Å². The van der Waals surface area contributed by atoms with Gasteiger partial charge in [-0.15, -0.1) is 11.3 Å². The van der Waals surface area contributed by atoms with Gasteiger partial charge in [-0.25, -0.2) is 4.98 Å². The van der Waals surface area contributed by atoms with E-state index >= 15 is 0 Å². The van der Waals surface area contributed by atoms with E-state index in [0.717, 1.165) is 12.2 Å². The number of aryl methyl sites for hydroxylation is 2. The molecule has 0 fully saturated rings. The highest BCUT2D eigenvalue weighted by atomic mass is 32.1. The molecule has 134 valence electrons. The van der Waals surface area contributed by atoms with E-state index < -0.39 is 0 Å². The first-order valence-electron chi connectivity index (χ1n) is 9.87. The molecule has 3 aromatic rings. The predicted molar refractivity (Wildman–Crippen MR) is 110 cm³/mol. The van der Waals surface area contributed by atoms with Crippen molar-refractivity contribution in [3.8, 4) is 16.9 Å². The Balaban J connectivity index is 1.84. The maximum Gasteiger partial charge on any atom is 0.124 e. The molecular weight excluding hydrogens is 338 g/mol. The van der Waals surface area contributed by atoms with Crippen molar-refractivity contribution in [1.29, 1.82) is 0 Å². The van der Waals surface area contributed by atoms with Crippen LogP contribution in [-0.2, 0) is 19.3 Å². The van der Waals surface area contributed by atoms with E-state index in [-0.39, 0.29) is 0 Å². The largest absolute Gasteiger partial charge is 0.497 e. The number of nitrogens with zero attached hydrogens (tertiary/aromatic N) is 1. The van der Waals surface area contributed by atoms with Crippen LogP contribution in [0.4, 0.5) is 0 Å². The predicted octanol–water partition coefficient (Wildman–Crippen LogP) is 6.29. The number of rotatable bonds is 2. The third-order valence-corrected chi connectivity index (χ3v) is 7.33. The fourth-order valence-electron chi connectivity index (χ4n) is 4.80. The number of ether oxygens (including phenoxy) is 1. The summed E-state index contributed by atoms with van der Waals surface area (Å²) in [6, 6.07) is 8.66. The Morgan fingerprint density at radius 2 is 1.77 bits per heavy atom. The summed E-state index contributed by atoms with van der Waals surface area (Å²) in [7, 11) is 1.73. The number of pyridine rings is 1. The second kappa shape index (κ2) is 6.38. The van der Waals surface area contributed by atoms with Crippen LogP contribution in [0.15, 0.2) is 24.3 Å². The lowest BCUT2D eigenvalue weighted by Crippen LogP contribution is -2.11. The summed E-state index contributed by atoms with van der Waals surface area (Å²) < 4.78 is 5.39. The molecule has 5 rings (SSSR count). The lowest BCUT2D eigenvalue weighted by molar-refractivity contribution is 0.415. The number of thiophene rings is 1. The molecule has 0 amide bonds. The third kappa shape index (κ3) is 2.48. The van der Waals surface area contributed by atoms with Gasteiger partial charge in [0.2, 0.25) is 0 Å². The van der Waals surface area contributed by atoms with Crippen LogP contribution in [0.5, 0.6) is 5.75 Å². The monoisotopic (exact) mass is 363 g/mol. The quantitative estimate of drug-likeness (QED) is 0.534. The summed E-state index contributed by atoms with van der Waals surface area (Å²) in [5.41, 5.74) is 7.25. The van der Waals surface area contributed by atoms with Crippen LogP contribution in [-0.4, -0.2) is 12.1 Å². The highest BCUT2D eigenvalue weighted by molar-refractivity contribution is 7.19. The van der Waals surface area contributed by atoms with Crippen LogP contribution in [0.3, 0.4) is 0 Å². The summed E-state index contributed by atoms with van der Waals surface area (Å²) in [4.78, 5) is 8.08. The zero-order valence-electron chi connectivity index (χ0n) is 15.6. The molecule has 0 spiro atoms. The van der Waals surface area contributed by atoms with E-state index in [9.17, 15) is 0 Å². The van der Waals surface area contributed by atoms with Crippen LogP contribution in [0.1, 0.15) is 60.2 Å². The van der Waals surface area contributed by atoms with Crippen LogP contribution in [0.2, 0.25) is 0 Å². The molecular formula is C23H25NOS. The average Bonchev–Trinajstić information content (AvgIpc) is 3.05. The molecule has 1 aromatic carbocycles. The highest BCUT2D eigenvalue weighted by Crippen LogP contribution is 2.46. The molecule has 0 aliphatic heterocycles. The van der Waals surface area contributed by atoms with E-state index in [4.69, 9.17) is 9.72 Å². The number of hydrogen-bond acceptors (Lipinski definition) is 3. The molecule has 2 nitrogen and oxygen atoms in total. The van der Waals surface area contributed by atoms with Crippen molar-refractivity contribution in [3.63, 3.8) is 0 Å². The fraction of sp³-hybridized carbons (Fsp3) is 0.435. The molecule has 0 saturated heterocycles. The first-order chi connectivity index (χ1) is 12.8. The summed E-state index contributed by atoms with van der Waals surface area (Å²) >= 11 is 1.96. The van der Waals surface area contributed by atoms with Crippen LogP contribution >= 0.6 is 11.3 Å². The van der Waals surface area contributed by atoms with E-state index in [1.54, 1.807) is 17.6 Å². The van der Waals surface area contributed by atoms with Crippen molar-refractivity contribution in [2.24, 2.45) is 0 Å². The summed E-state index contributed by atoms with van der Waals surface area (Å²) in [5.74, 6) is 1.49. The minimum Gasteiger partial charge on any atom is -0.497 e. The molecule has 2 heterocycles. The standard InChI is InChI=1S/C23H25NOS/c1-14-6-5-8-18-20(15-10-12-16(25-2)13-11-15)21-17-7-3-4-9-19(17)26-23(21)24-22(14)18/h10-14H,3-9H2,1-2H3. The molecule has 1 unspecified atom stereocenters. The molecule has 3 heteroatoms. The van der Waals surface area contributed by atoms with Gasteiger partial charge in [0.05, 0.1) is 7.11 Å². The van der Waals surface area contributed by atoms with Crippen LogP contribution in [0, 0.1) is 0 Å². The Morgan fingerprint density at radius 3 is 2.58 bits per heavy atom. The van der Waals surface area contributed by atoms with Gasteiger partial charge in [0.15, 0.2) is 0 Å².